The fourth-order valence-electron chi connectivity index (χ4n) is 2.90. The topological polar surface area (TPSA) is 96.6 Å². The zero-order valence-corrected chi connectivity index (χ0v) is 10.6. The maximum absolute atomic E-state index is 12.2. The van der Waals surface area contributed by atoms with Gasteiger partial charge in [0.1, 0.15) is 5.76 Å². The molecule has 6 nitrogen and oxygen atoms in total. The number of carbonyl (C=O) groups excluding carboxylic acids is 2. The van der Waals surface area contributed by atoms with Crippen molar-refractivity contribution < 1.29 is 23.9 Å². The molecule has 0 saturated carbocycles. The molecule has 0 radical (unpaired) electrons. The summed E-state index contributed by atoms with van der Waals surface area (Å²) in [6.45, 7) is 0. The Bertz CT molecular complexity index is 614. The Balaban J connectivity index is 1.97. The Labute approximate surface area is 114 Å². The number of hydrogen-bond donors (Lipinski definition) is 2. The molecule has 20 heavy (non-hydrogen) atoms. The van der Waals surface area contributed by atoms with Gasteiger partial charge in [0.15, 0.2) is 5.78 Å². The van der Waals surface area contributed by atoms with Gasteiger partial charge >= 0.3 is 5.97 Å². The highest BCUT2D eigenvalue weighted by molar-refractivity contribution is 6.05. The molecule has 6 heteroatoms. The van der Waals surface area contributed by atoms with Crippen molar-refractivity contribution in [1.82, 2.24) is 5.32 Å². The van der Waals surface area contributed by atoms with E-state index in [1.807, 2.05) is 0 Å². The molecule has 1 amide bonds. The maximum atomic E-state index is 12.2. The van der Waals surface area contributed by atoms with Crippen LogP contribution in [0.5, 0.6) is 0 Å². The van der Waals surface area contributed by atoms with Crippen LogP contribution >= 0.6 is 0 Å². The standard InChI is InChI=1S/C14H13NO5/c16-10-5-7(11-2-1-3-20-11)4-9-13(10)8(14(18)19)6-12(17)15-9/h1-3,7-8H,4-6H2,(H,15,17)(H,18,19)/t7-,8+/m1/s1. The van der Waals surface area contributed by atoms with Gasteiger partial charge in [-0.3, -0.25) is 14.4 Å². The number of Topliss-reactive ketones (excluding diaryl/α,β-unsaturated/α-hetero) is 1. The minimum Gasteiger partial charge on any atom is -0.481 e. The zero-order chi connectivity index (χ0) is 14.3. The summed E-state index contributed by atoms with van der Waals surface area (Å²) in [5, 5.41) is 11.8. The van der Waals surface area contributed by atoms with Crippen molar-refractivity contribution in [1.29, 1.82) is 0 Å². The van der Waals surface area contributed by atoms with E-state index in [0.717, 1.165) is 0 Å². The lowest BCUT2D eigenvalue weighted by Gasteiger charge is -2.31. The van der Waals surface area contributed by atoms with Crippen LogP contribution in [0, 0.1) is 5.92 Å². The Kier molecular flexibility index (Phi) is 2.93. The molecule has 1 aliphatic heterocycles. The highest BCUT2D eigenvalue weighted by atomic mass is 16.4. The van der Waals surface area contributed by atoms with Crippen molar-refractivity contribution in [2.75, 3.05) is 0 Å². The van der Waals surface area contributed by atoms with Crippen molar-refractivity contribution >= 4 is 17.7 Å². The number of carboxylic acid groups (broad SMARTS) is 1. The first kappa shape index (κ1) is 12.7. The van der Waals surface area contributed by atoms with Gasteiger partial charge in [-0.2, -0.15) is 0 Å². The van der Waals surface area contributed by atoms with Crippen LogP contribution < -0.4 is 5.32 Å². The van der Waals surface area contributed by atoms with Crippen molar-refractivity contribution in [3.63, 3.8) is 0 Å². The molecule has 0 unspecified atom stereocenters. The van der Waals surface area contributed by atoms with Gasteiger partial charge in [0, 0.05) is 30.0 Å². The lowest BCUT2D eigenvalue weighted by molar-refractivity contribution is -0.144. The summed E-state index contributed by atoms with van der Waals surface area (Å²) < 4.78 is 5.30. The second kappa shape index (κ2) is 4.63. The maximum Gasteiger partial charge on any atom is 0.311 e. The summed E-state index contributed by atoms with van der Waals surface area (Å²) in [6, 6.07) is 3.52. The van der Waals surface area contributed by atoms with E-state index in [0.29, 0.717) is 17.9 Å². The highest BCUT2D eigenvalue weighted by Gasteiger charge is 2.41. The first-order valence-electron chi connectivity index (χ1n) is 6.38. The first-order chi connectivity index (χ1) is 9.56. The number of amides is 1. The molecule has 1 aromatic rings. The number of allylic oxidation sites excluding steroid dienone is 1. The van der Waals surface area contributed by atoms with E-state index in [4.69, 9.17) is 4.42 Å². The third-order valence-electron chi connectivity index (χ3n) is 3.78. The molecule has 0 bridgehead atoms. The van der Waals surface area contributed by atoms with Crippen LogP contribution in [0.2, 0.25) is 0 Å². The average Bonchev–Trinajstić information content (AvgIpc) is 2.90. The summed E-state index contributed by atoms with van der Waals surface area (Å²) in [5.74, 6) is -2.20. The van der Waals surface area contributed by atoms with E-state index in [-0.39, 0.29) is 36.0 Å². The Hall–Kier alpha value is -2.37. The molecule has 1 aromatic heterocycles. The van der Waals surface area contributed by atoms with Gasteiger partial charge in [0.05, 0.1) is 12.2 Å². The number of ketones is 1. The van der Waals surface area contributed by atoms with Gasteiger partial charge in [0.2, 0.25) is 5.91 Å². The van der Waals surface area contributed by atoms with Crippen LogP contribution in [0.4, 0.5) is 0 Å². The number of carbonyl (C=O) groups is 3. The van der Waals surface area contributed by atoms with Gasteiger partial charge in [-0.25, -0.2) is 0 Å². The number of aliphatic carboxylic acids is 1. The minimum atomic E-state index is -1.13. The van der Waals surface area contributed by atoms with E-state index >= 15 is 0 Å². The van der Waals surface area contributed by atoms with Crippen molar-refractivity contribution in [3.8, 4) is 0 Å². The molecular formula is C14H13NO5. The van der Waals surface area contributed by atoms with Crippen molar-refractivity contribution in [2.45, 2.75) is 25.2 Å². The van der Waals surface area contributed by atoms with E-state index < -0.39 is 11.9 Å². The van der Waals surface area contributed by atoms with Crippen molar-refractivity contribution in [3.05, 3.63) is 35.4 Å². The monoisotopic (exact) mass is 275 g/mol. The van der Waals surface area contributed by atoms with Gasteiger partial charge in [-0.1, -0.05) is 0 Å². The second-order valence-corrected chi connectivity index (χ2v) is 5.08. The predicted molar refractivity (Wildman–Crippen MR) is 66.6 cm³/mol. The van der Waals surface area contributed by atoms with Gasteiger partial charge in [0.25, 0.3) is 0 Å². The number of furan rings is 1. The molecule has 0 saturated heterocycles. The fourth-order valence-corrected chi connectivity index (χ4v) is 2.90. The third-order valence-corrected chi connectivity index (χ3v) is 3.78. The third kappa shape index (κ3) is 2.03. The summed E-state index contributed by atoms with van der Waals surface area (Å²) in [7, 11) is 0. The zero-order valence-electron chi connectivity index (χ0n) is 10.6. The summed E-state index contributed by atoms with van der Waals surface area (Å²) >= 11 is 0. The van der Waals surface area contributed by atoms with Crippen LogP contribution in [0.3, 0.4) is 0 Å². The van der Waals surface area contributed by atoms with Gasteiger partial charge < -0.3 is 14.8 Å². The Morgan fingerprint density at radius 3 is 2.75 bits per heavy atom. The van der Waals surface area contributed by atoms with Crippen LogP contribution in [0.15, 0.2) is 34.1 Å². The number of carboxylic acids is 1. The normalized spacial score (nSPS) is 26.2. The summed E-state index contributed by atoms with van der Waals surface area (Å²) in [5.41, 5.74) is 0.686. The second-order valence-electron chi connectivity index (χ2n) is 5.08. The quantitative estimate of drug-likeness (QED) is 0.845. The molecule has 3 rings (SSSR count). The molecule has 2 atom stereocenters. The van der Waals surface area contributed by atoms with E-state index in [2.05, 4.69) is 5.32 Å². The number of hydrogen-bond acceptors (Lipinski definition) is 4. The fraction of sp³-hybridized carbons (Fsp3) is 0.357. The van der Waals surface area contributed by atoms with Crippen molar-refractivity contribution in [2.24, 2.45) is 5.92 Å². The lowest BCUT2D eigenvalue weighted by atomic mass is 9.77. The molecule has 104 valence electrons. The van der Waals surface area contributed by atoms with E-state index in [1.165, 1.54) is 6.26 Å². The largest absolute Gasteiger partial charge is 0.481 e. The molecular weight excluding hydrogens is 262 g/mol. The molecule has 0 fully saturated rings. The van der Waals surface area contributed by atoms with Crippen LogP contribution in [-0.2, 0) is 14.4 Å². The minimum absolute atomic E-state index is 0.149. The molecule has 2 N–H and O–H groups in total. The van der Waals surface area contributed by atoms with Crippen LogP contribution in [-0.4, -0.2) is 22.8 Å². The smallest absolute Gasteiger partial charge is 0.311 e. The van der Waals surface area contributed by atoms with E-state index in [1.54, 1.807) is 12.1 Å². The lowest BCUT2D eigenvalue weighted by Crippen LogP contribution is -2.41. The van der Waals surface area contributed by atoms with Gasteiger partial charge in [-0.05, 0) is 18.6 Å². The average molecular weight is 275 g/mol. The molecule has 2 aliphatic rings. The number of nitrogens with one attached hydrogen (secondary N) is 1. The molecule has 1 aliphatic carbocycles. The predicted octanol–water partition coefficient (Wildman–Crippen LogP) is 1.20. The molecule has 0 spiro atoms. The summed E-state index contributed by atoms with van der Waals surface area (Å²) in [4.78, 5) is 35.1. The molecule has 0 aromatic carbocycles. The highest BCUT2D eigenvalue weighted by Crippen LogP contribution is 2.38. The van der Waals surface area contributed by atoms with Crippen LogP contribution in [0.25, 0.3) is 0 Å². The first-order valence-corrected chi connectivity index (χ1v) is 6.38. The Morgan fingerprint density at radius 1 is 1.30 bits per heavy atom. The summed E-state index contributed by atoms with van der Waals surface area (Å²) in [6.07, 6.45) is 1.99. The van der Waals surface area contributed by atoms with Crippen LogP contribution in [0.1, 0.15) is 30.9 Å². The molecule has 2 heterocycles. The van der Waals surface area contributed by atoms with Gasteiger partial charge in [-0.15, -0.1) is 0 Å². The Morgan fingerprint density at radius 2 is 2.10 bits per heavy atom. The number of rotatable bonds is 2. The SMILES string of the molecule is O=C1C[C@H](C(=O)O)C2=C(C[C@@H](c3ccco3)CC2=O)N1. The van der Waals surface area contributed by atoms with E-state index in [9.17, 15) is 19.5 Å².